The Bertz CT molecular complexity index is 3220. The Morgan fingerprint density at radius 2 is 1.13 bits per heavy atom. The van der Waals surface area contributed by atoms with E-state index in [2.05, 4.69) is 176 Å². The van der Waals surface area contributed by atoms with Crippen molar-refractivity contribution in [1.29, 1.82) is 0 Å². The van der Waals surface area contributed by atoms with E-state index in [9.17, 15) is 0 Å². The number of benzene rings is 9. The average molecular weight is 711 g/mol. The Kier molecular flexibility index (Phi) is 6.34. The third kappa shape index (κ3) is 4.27. The maximum atomic E-state index is 6.26. The van der Waals surface area contributed by atoms with Crippen LogP contribution < -0.4 is 0 Å². The third-order valence-electron chi connectivity index (χ3n) is 11.5. The average Bonchev–Trinajstić information content (AvgIpc) is 3.91. The van der Waals surface area contributed by atoms with Gasteiger partial charge in [0.05, 0.1) is 0 Å². The van der Waals surface area contributed by atoms with E-state index in [4.69, 9.17) is 4.42 Å². The molecule has 53 heavy (non-hydrogen) atoms. The molecule has 0 radical (unpaired) electrons. The van der Waals surface area contributed by atoms with Gasteiger partial charge in [-0.3, -0.25) is 0 Å². The summed E-state index contributed by atoms with van der Waals surface area (Å²) in [6, 6.07) is 62.9. The Labute approximate surface area is 314 Å². The minimum absolute atomic E-state index is 0.170. The van der Waals surface area contributed by atoms with E-state index in [0.29, 0.717) is 0 Å². The van der Waals surface area contributed by atoms with Crippen molar-refractivity contribution < 1.29 is 4.42 Å². The summed E-state index contributed by atoms with van der Waals surface area (Å²) in [5, 5.41) is 13.0. The minimum atomic E-state index is 0.170. The van der Waals surface area contributed by atoms with Crippen LogP contribution in [0.1, 0.15) is 27.9 Å². The molecule has 11 aromatic rings. The fourth-order valence-electron chi connectivity index (χ4n) is 9.26. The minimum Gasteiger partial charge on any atom is -0.456 e. The molecule has 0 bridgehead atoms. The Morgan fingerprint density at radius 1 is 0.453 bits per heavy atom. The van der Waals surface area contributed by atoms with Crippen LogP contribution in [0.4, 0.5) is 0 Å². The molecule has 0 spiro atoms. The van der Waals surface area contributed by atoms with Crippen molar-refractivity contribution in [3.05, 3.63) is 187 Å². The number of fused-ring (bicyclic) bond motifs is 12. The summed E-state index contributed by atoms with van der Waals surface area (Å²) in [6.07, 6.45) is 0. The topological polar surface area (TPSA) is 13.1 Å². The van der Waals surface area contributed by atoms with E-state index in [1.54, 1.807) is 0 Å². The lowest BCUT2D eigenvalue weighted by Gasteiger charge is -2.26. The van der Waals surface area contributed by atoms with E-state index in [1.165, 1.54) is 90.6 Å². The summed E-state index contributed by atoms with van der Waals surface area (Å²) >= 11 is 3.97. The molecular formula is C50H30OS2. The van der Waals surface area contributed by atoms with Crippen LogP contribution in [0.15, 0.2) is 179 Å². The zero-order valence-corrected chi connectivity index (χ0v) is 30.2. The van der Waals surface area contributed by atoms with Gasteiger partial charge in [-0.1, -0.05) is 140 Å². The molecule has 1 aliphatic rings. The monoisotopic (exact) mass is 710 g/mol. The fraction of sp³-hybridized carbons (Fsp3) is 0.0400. The fourth-order valence-corrected chi connectivity index (χ4v) is 12.1. The molecule has 1 nitrogen and oxygen atoms in total. The summed E-state index contributed by atoms with van der Waals surface area (Å²) in [6.45, 7) is 0. The van der Waals surface area contributed by atoms with Crippen LogP contribution in [0.25, 0.3) is 85.6 Å². The summed E-state index contributed by atoms with van der Waals surface area (Å²) in [5.41, 5.74) is 8.62. The van der Waals surface area contributed by atoms with Crippen LogP contribution in [0, 0.1) is 0 Å². The number of hydrogen-bond acceptors (Lipinski definition) is 3. The number of thioether (sulfide) groups is 1. The van der Waals surface area contributed by atoms with E-state index in [0.717, 1.165) is 16.6 Å². The highest BCUT2D eigenvalue weighted by molar-refractivity contribution is 8.00. The van der Waals surface area contributed by atoms with Crippen molar-refractivity contribution in [2.75, 3.05) is 0 Å². The number of para-hydroxylation sites is 1. The molecule has 0 saturated carbocycles. The molecule has 2 atom stereocenters. The van der Waals surface area contributed by atoms with Crippen LogP contribution in [0.5, 0.6) is 0 Å². The molecule has 2 unspecified atom stereocenters. The molecule has 0 fully saturated rings. The van der Waals surface area contributed by atoms with Crippen molar-refractivity contribution in [2.45, 2.75) is 16.1 Å². The van der Waals surface area contributed by atoms with E-state index in [1.807, 2.05) is 17.4 Å². The summed E-state index contributed by atoms with van der Waals surface area (Å²) in [5.74, 6) is 0.170. The molecule has 0 saturated heterocycles. The second kappa shape index (κ2) is 11.3. The van der Waals surface area contributed by atoms with Gasteiger partial charge in [0.1, 0.15) is 11.2 Å². The molecule has 3 heteroatoms. The van der Waals surface area contributed by atoms with Crippen LogP contribution in [-0.4, -0.2) is 0 Å². The van der Waals surface area contributed by atoms with Crippen molar-refractivity contribution in [1.82, 2.24) is 0 Å². The van der Waals surface area contributed by atoms with Crippen LogP contribution in [0.3, 0.4) is 0 Å². The van der Waals surface area contributed by atoms with Gasteiger partial charge in [-0.25, -0.2) is 0 Å². The Hall–Kier alpha value is -5.87. The van der Waals surface area contributed by atoms with E-state index < -0.39 is 0 Å². The van der Waals surface area contributed by atoms with Crippen molar-refractivity contribution in [3.63, 3.8) is 0 Å². The van der Waals surface area contributed by atoms with Gasteiger partial charge in [0.25, 0.3) is 0 Å². The predicted octanol–water partition coefficient (Wildman–Crippen LogP) is 15.1. The highest BCUT2D eigenvalue weighted by Gasteiger charge is 2.39. The molecule has 9 aromatic carbocycles. The van der Waals surface area contributed by atoms with Gasteiger partial charge in [-0.2, -0.15) is 0 Å². The molecule has 2 aromatic heterocycles. The van der Waals surface area contributed by atoms with Gasteiger partial charge in [-0.15, -0.1) is 23.1 Å². The summed E-state index contributed by atoms with van der Waals surface area (Å²) < 4.78 is 8.98. The molecule has 12 rings (SSSR count). The van der Waals surface area contributed by atoms with Crippen molar-refractivity contribution in [3.8, 4) is 11.1 Å². The molecular weight excluding hydrogens is 681 g/mol. The van der Waals surface area contributed by atoms with Gasteiger partial charge in [0.2, 0.25) is 0 Å². The predicted molar refractivity (Wildman–Crippen MR) is 228 cm³/mol. The Morgan fingerprint density at radius 3 is 1.92 bits per heavy atom. The zero-order valence-electron chi connectivity index (χ0n) is 28.5. The molecule has 248 valence electrons. The number of hydrogen-bond donors (Lipinski definition) is 0. The molecule has 0 aliphatic carbocycles. The standard InChI is InChI=1S/C50H30OS2/c1-2-12-29(13-3-1)49-48(39-25-27-43-47(50(39)53-49)38-19-9-11-21-42(38)52-43)46-35-16-6-4-14-33(35)44(34-15-5-7-17-36(34)46)31-22-24-32-30(28-31)23-26-41-45(32)37-18-8-10-20-40(37)51-41/h1-28,48-49H. The smallest absolute Gasteiger partial charge is 0.136 e. The van der Waals surface area contributed by atoms with Crippen LogP contribution in [-0.2, 0) is 0 Å². The molecule has 0 N–H and O–H groups in total. The van der Waals surface area contributed by atoms with Gasteiger partial charge in [0.15, 0.2) is 0 Å². The first kappa shape index (κ1) is 29.7. The third-order valence-corrected chi connectivity index (χ3v) is 14.1. The Balaban J connectivity index is 1.14. The number of rotatable bonds is 3. The van der Waals surface area contributed by atoms with Crippen molar-refractivity contribution >= 4 is 97.5 Å². The lowest BCUT2D eigenvalue weighted by Crippen LogP contribution is -2.08. The lowest BCUT2D eigenvalue weighted by atomic mass is 9.78. The number of thiophene rings is 1. The highest BCUT2D eigenvalue weighted by atomic mass is 32.2. The maximum absolute atomic E-state index is 6.26. The van der Waals surface area contributed by atoms with Gasteiger partial charge in [-0.05, 0) is 90.5 Å². The molecule has 1 aliphatic heterocycles. The molecule has 3 heterocycles. The summed E-state index contributed by atoms with van der Waals surface area (Å²) in [7, 11) is 0. The first-order valence-corrected chi connectivity index (χ1v) is 19.9. The quantitative estimate of drug-likeness (QED) is 0.169. The van der Waals surface area contributed by atoms with Crippen LogP contribution in [0.2, 0.25) is 0 Å². The van der Waals surface area contributed by atoms with Gasteiger partial charge >= 0.3 is 0 Å². The van der Waals surface area contributed by atoms with Gasteiger partial charge < -0.3 is 4.42 Å². The highest BCUT2D eigenvalue weighted by Crippen LogP contribution is 2.62. The largest absolute Gasteiger partial charge is 0.456 e. The molecule has 0 amide bonds. The normalized spacial score (nSPS) is 15.8. The second-order valence-corrected chi connectivity index (χ2v) is 16.5. The number of furan rings is 1. The van der Waals surface area contributed by atoms with Crippen LogP contribution >= 0.6 is 23.1 Å². The second-order valence-electron chi connectivity index (χ2n) is 14.2. The van der Waals surface area contributed by atoms with Gasteiger partial charge in [0, 0.05) is 47.0 Å². The first-order chi connectivity index (χ1) is 26.3. The van der Waals surface area contributed by atoms with Crippen molar-refractivity contribution in [2.24, 2.45) is 0 Å². The SMILES string of the molecule is c1ccc(C2Sc3c(ccc4sc5ccccc5c34)C2c2c3ccccc3c(-c3ccc4c(ccc5oc6ccccc6c54)c3)c3ccccc23)cc1. The first-order valence-electron chi connectivity index (χ1n) is 18.2. The van der Waals surface area contributed by atoms with E-state index in [-0.39, 0.29) is 11.2 Å². The van der Waals surface area contributed by atoms with E-state index >= 15 is 0 Å². The lowest BCUT2D eigenvalue weighted by molar-refractivity contribution is 0.669. The summed E-state index contributed by atoms with van der Waals surface area (Å²) in [4.78, 5) is 1.43. The maximum Gasteiger partial charge on any atom is 0.136 e. The zero-order chi connectivity index (χ0) is 34.6.